The van der Waals surface area contributed by atoms with E-state index in [1.807, 2.05) is 6.08 Å². The van der Waals surface area contributed by atoms with E-state index in [4.69, 9.17) is 0 Å². The van der Waals surface area contributed by atoms with E-state index in [0.29, 0.717) is 12.2 Å². The topological polar surface area (TPSA) is 29.1 Å². The summed E-state index contributed by atoms with van der Waals surface area (Å²) in [5.74, 6) is 0.441. The number of piperidine rings is 1. The van der Waals surface area contributed by atoms with Crippen molar-refractivity contribution in [2.24, 2.45) is 5.41 Å². The van der Waals surface area contributed by atoms with E-state index in [-0.39, 0.29) is 5.41 Å². The minimum atomic E-state index is -0.0595. The van der Waals surface area contributed by atoms with Crippen molar-refractivity contribution in [3.63, 3.8) is 0 Å². The third kappa shape index (κ3) is 3.16. The Morgan fingerprint density at radius 3 is 2.93 bits per heavy atom. The van der Waals surface area contributed by atoms with Crippen LogP contribution in [0.15, 0.2) is 12.7 Å². The Morgan fingerprint density at radius 2 is 2.40 bits per heavy atom. The van der Waals surface area contributed by atoms with E-state index >= 15 is 0 Å². The fraction of sp³-hybridized carbons (Fsp3) is 0.769. The zero-order valence-corrected chi connectivity index (χ0v) is 9.85. The number of allylic oxidation sites excluding steroid dienone is 1. The summed E-state index contributed by atoms with van der Waals surface area (Å²) >= 11 is 0. The van der Waals surface area contributed by atoms with Gasteiger partial charge in [0.1, 0.15) is 5.78 Å². The molecule has 1 rings (SSSR count). The van der Waals surface area contributed by atoms with Crippen molar-refractivity contribution in [2.75, 3.05) is 13.1 Å². The lowest BCUT2D eigenvalue weighted by molar-refractivity contribution is -0.130. The van der Waals surface area contributed by atoms with E-state index in [1.165, 1.54) is 0 Å². The molecule has 0 aromatic rings. The quantitative estimate of drug-likeness (QED) is 0.681. The molecule has 1 N–H and O–H groups in total. The Bertz CT molecular complexity index is 211. The van der Waals surface area contributed by atoms with Crippen LogP contribution in [-0.2, 0) is 4.79 Å². The molecule has 0 saturated carbocycles. The molecule has 0 amide bonds. The molecule has 0 aliphatic carbocycles. The van der Waals surface area contributed by atoms with Crippen LogP contribution in [0.4, 0.5) is 0 Å². The summed E-state index contributed by atoms with van der Waals surface area (Å²) in [4.78, 5) is 12.2. The average Bonchev–Trinajstić information content (AvgIpc) is 2.27. The Morgan fingerprint density at radius 1 is 1.60 bits per heavy atom. The fourth-order valence-corrected chi connectivity index (χ4v) is 2.54. The molecular weight excluding hydrogens is 186 g/mol. The molecular formula is C13H23NO. The standard InChI is InChI=1S/C13H23NO/c1-3-5-7-12(15)13(8-4-2)9-6-10-14-11-13/h3,14H,1,4-11H2,2H3. The van der Waals surface area contributed by atoms with Gasteiger partial charge in [0.2, 0.25) is 0 Å². The van der Waals surface area contributed by atoms with E-state index in [9.17, 15) is 4.79 Å². The Hall–Kier alpha value is -0.630. The summed E-state index contributed by atoms with van der Waals surface area (Å²) in [7, 11) is 0. The van der Waals surface area contributed by atoms with Crippen molar-refractivity contribution < 1.29 is 4.79 Å². The second-order valence-corrected chi connectivity index (χ2v) is 4.56. The highest BCUT2D eigenvalue weighted by molar-refractivity contribution is 5.85. The van der Waals surface area contributed by atoms with Gasteiger partial charge in [0.05, 0.1) is 0 Å². The van der Waals surface area contributed by atoms with Gasteiger partial charge < -0.3 is 5.32 Å². The van der Waals surface area contributed by atoms with Crippen LogP contribution >= 0.6 is 0 Å². The zero-order valence-electron chi connectivity index (χ0n) is 9.85. The Labute approximate surface area is 93.1 Å². The second-order valence-electron chi connectivity index (χ2n) is 4.56. The lowest BCUT2D eigenvalue weighted by atomic mass is 9.72. The SMILES string of the molecule is C=CCCC(=O)C1(CCC)CCCNC1. The van der Waals surface area contributed by atoms with E-state index in [1.54, 1.807) is 0 Å². The largest absolute Gasteiger partial charge is 0.316 e. The first-order chi connectivity index (χ1) is 7.25. The summed E-state index contributed by atoms with van der Waals surface area (Å²) in [6.07, 6.45) is 7.68. The molecule has 0 spiro atoms. The molecule has 0 aromatic heterocycles. The van der Waals surface area contributed by atoms with Gasteiger partial charge >= 0.3 is 0 Å². The summed E-state index contributed by atoms with van der Waals surface area (Å²) in [6.45, 7) is 7.80. The molecule has 15 heavy (non-hydrogen) atoms. The van der Waals surface area contributed by atoms with Crippen LogP contribution in [-0.4, -0.2) is 18.9 Å². The number of hydrogen-bond donors (Lipinski definition) is 1. The number of rotatable bonds is 6. The summed E-state index contributed by atoms with van der Waals surface area (Å²) in [5.41, 5.74) is -0.0595. The van der Waals surface area contributed by atoms with Gasteiger partial charge in [-0.15, -0.1) is 6.58 Å². The molecule has 1 aliphatic heterocycles. The van der Waals surface area contributed by atoms with Crippen LogP contribution in [0, 0.1) is 5.41 Å². The lowest BCUT2D eigenvalue weighted by Gasteiger charge is -2.36. The molecule has 1 aliphatic rings. The number of nitrogens with one attached hydrogen (secondary N) is 1. The van der Waals surface area contributed by atoms with Crippen LogP contribution in [0.1, 0.15) is 45.4 Å². The van der Waals surface area contributed by atoms with Gasteiger partial charge in [-0.2, -0.15) is 0 Å². The molecule has 0 bridgehead atoms. The van der Waals surface area contributed by atoms with E-state index < -0.39 is 0 Å². The first kappa shape index (κ1) is 12.4. The first-order valence-electron chi connectivity index (χ1n) is 6.10. The number of carbonyl (C=O) groups excluding carboxylic acids is 1. The summed E-state index contributed by atoms with van der Waals surface area (Å²) in [5, 5.41) is 3.37. The van der Waals surface area contributed by atoms with Crippen molar-refractivity contribution in [1.29, 1.82) is 0 Å². The predicted octanol–water partition coefficient (Wildman–Crippen LogP) is 2.69. The van der Waals surface area contributed by atoms with Crippen LogP contribution in [0.2, 0.25) is 0 Å². The van der Waals surface area contributed by atoms with Crippen molar-refractivity contribution >= 4 is 5.78 Å². The molecule has 0 aromatic carbocycles. The van der Waals surface area contributed by atoms with Crippen LogP contribution in [0.25, 0.3) is 0 Å². The molecule has 86 valence electrons. The predicted molar refractivity (Wildman–Crippen MR) is 63.9 cm³/mol. The maximum Gasteiger partial charge on any atom is 0.140 e. The molecule has 0 radical (unpaired) electrons. The third-order valence-electron chi connectivity index (χ3n) is 3.37. The third-order valence-corrected chi connectivity index (χ3v) is 3.37. The minimum Gasteiger partial charge on any atom is -0.316 e. The number of Topliss-reactive ketones (excluding diaryl/α,β-unsaturated/α-hetero) is 1. The monoisotopic (exact) mass is 209 g/mol. The highest BCUT2D eigenvalue weighted by Crippen LogP contribution is 2.34. The van der Waals surface area contributed by atoms with Gasteiger partial charge in [0, 0.05) is 18.4 Å². The van der Waals surface area contributed by atoms with Gasteiger partial charge in [0.25, 0.3) is 0 Å². The molecule has 1 heterocycles. The zero-order chi connectivity index (χ0) is 11.1. The van der Waals surface area contributed by atoms with Crippen molar-refractivity contribution in [3.8, 4) is 0 Å². The molecule has 2 nitrogen and oxygen atoms in total. The van der Waals surface area contributed by atoms with Gasteiger partial charge in [-0.05, 0) is 32.2 Å². The average molecular weight is 209 g/mol. The van der Waals surface area contributed by atoms with Crippen LogP contribution < -0.4 is 5.32 Å². The van der Waals surface area contributed by atoms with E-state index in [2.05, 4.69) is 18.8 Å². The second kappa shape index (κ2) is 6.06. The van der Waals surface area contributed by atoms with Gasteiger partial charge in [-0.3, -0.25) is 4.79 Å². The maximum atomic E-state index is 12.2. The summed E-state index contributed by atoms with van der Waals surface area (Å²) in [6, 6.07) is 0. The first-order valence-corrected chi connectivity index (χ1v) is 6.10. The van der Waals surface area contributed by atoms with Gasteiger partial charge in [0.15, 0.2) is 0 Å². The van der Waals surface area contributed by atoms with Crippen LogP contribution in [0.3, 0.4) is 0 Å². The van der Waals surface area contributed by atoms with Crippen molar-refractivity contribution in [2.45, 2.75) is 45.4 Å². The molecule has 1 unspecified atom stereocenters. The normalized spacial score (nSPS) is 26.2. The molecule has 1 fully saturated rings. The van der Waals surface area contributed by atoms with Gasteiger partial charge in [-0.1, -0.05) is 19.4 Å². The van der Waals surface area contributed by atoms with Crippen molar-refractivity contribution in [1.82, 2.24) is 5.32 Å². The molecule has 2 heteroatoms. The highest BCUT2D eigenvalue weighted by Gasteiger charge is 2.37. The number of hydrogen-bond acceptors (Lipinski definition) is 2. The fourth-order valence-electron chi connectivity index (χ4n) is 2.54. The van der Waals surface area contributed by atoms with Crippen molar-refractivity contribution in [3.05, 3.63) is 12.7 Å². The highest BCUT2D eigenvalue weighted by atomic mass is 16.1. The Kier molecular flexibility index (Phi) is 5.03. The molecule has 1 saturated heterocycles. The Balaban J connectivity index is 2.61. The van der Waals surface area contributed by atoms with E-state index in [0.717, 1.165) is 45.2 Å². The minimum absolute atomic E-state index is 0.0595. The lowest BCUT2D eigenvalue weighted by Crippen LogP contribution is -2.45. The smallest absolute Gasteiger partial charge is 0.140 e. The van der Waals surface area contributed by atoms with Gasteiger partial charge in [-0.25, -0.2) is 0 Å². The molecule has 1 atom stereocenters. The van der Waals surface area contributed by atoms with Crippen LogP contribution in [0.5, 0.6) is 0 Å². The number of carbonyl (C=O) groups is 1. The number of ketones is 1. The summed E-state index contributed by atoms with van der Waals surface area (Å²) < 4.78 is 0. The maximum absolute atomic E-state index is 12.2.